The predicted molar refractivity (Wildman–Crippen MR) is 101 cm³/mol. The number of rotatable bonds is 2. The molecule has 2 aromatic heterocycles. The molecule has 1 aromatic carbocycles. The third kappa shape index (κ3) is 3.45. The minimum atomic E-state index is -0.369. The van der Waals surface area contributed by atoms with Gasteiger partial charge in [0.25, 0.3) is 5.91 Å². The summed E-state index contributed by atoms with van der Waals surface area (Å²) in [5, 5.41) is 0.555. The van der Waals surface area contributed by atoms with Gasteiger partial charge in [-0.2, -0.15) is 0 Å². The standard InChI is InChI=1S/C20H20FN5O/c1-13-10-19(23-12-22-13)25-5-7-26(8-6-25)20(27)17-9-14(2)24-18-4-3-15(21)11-16(17)18/h3-4,9-12H,5-8H2,1-2H3. The van der Waals surface area contributed by atoms with Crippen LogP contribution in [0.15, 0.2) is 36.7 Å². The number of amides is 1. The number of halogens is 1. The second-order valence-electron chi connectivity index (χ2n) is 6.77. The van der Waals surface area contributed by atoms with Crippen molar-refractivity contribution in [3.8, 4) is 0 Å². The summed E-state index contributed by atoms with van der Waals surface area (Å²) < 4.78 is 13.7. The topological polar surface area (TPSA) is 62.2 Å². The summed E-state index contributed by atoms with van der Waals surface area (Å²) in [5.74, 6) is 0.419. The average molecular weight is 365 g/mol. The molecule has 27 heavy (non-hydrogen) atoms. The van der Waals surface area contributed by atoms with Gasteiger partial charge in [0.1, 0.15) is 18.0 Å². The molecule has 6 nitrogen and oxygen atoms in total. The molecule has 0 spiro atoms. The quantitative estimate of drug-likeness (QED) is 0.699. The van der Waals surface area contributed by atoms with E-state index in [1.807, 2.05) is 24.8 Å². The van der Waals surface area contributed by atoms with Gasteiger partial charge in [0.15, 0.2) is 0 Å². The van der Waals surface area contributed by atoms with Gasteiger partial charge in [0, 0.05) is 49.0 Å². The highest BCUT2D eigenvalue weighted by Crippen LogP contribution is 2.22. The summed E-state index contributed by atoms with van der Waals surface area (Å²) in [6.07, 6.45) is 1.56. The van der Waals surface area contributed by atoms with Crippen LogP contribution in [0.25, 0.3) is 10.9 Å². The van der Waals surface area contributed by atoms with Crippen molar-refractivity contribution in [2.24, 2.45) is 0 Å². The maximum Gasteiger partial charge on any atom is 0.254 e. The van der Waals surface area contributed by atoms with Gasteiger partial charge in [-0.1, -0.05) is 0 Å². The molecule has 1 saturated heterocycles. The monoisotopic (exact) mass is 365 g/mol. The maximum absolute atomic E-state index is 13.7. The summed E-state index contributed by atoms with van der Waals surface area (Å²) in [4.78, 5) is 29.9. The van der Waals surface area contributed by atoms with Crippen LogP contribution in [0, 0.1) is 19.7 Å². The molecule has 1 aliphatic heterocycles. The van der Waals surface area contributed by atoms with Crippen LogP contribution in [0.2, 0.25) is 0 Å². The van der Waals surface area contributed by atoms with Gasteiger partial charge in [-0.3, -0.25) is 9.78 Å². The van der Waals surface area contributed by atoms with Crippen molar-refractivity contribution in [2.75, 3.05) is 31.1 Å². The van der Waals surface area contributed by atoms with Crippen LogP contribution >= 0.6 is 0 Å². The van der Waals surface area contributed by atoms with Crippen LogP contribution in [-0.4, -0.2) is 51.9 Å². The van der Waals surface area contributed by atoms with Crippen LogP contribution in [0.5, 0.6) is 0 Å². The van der Waals surface area contributed by atoms with Crippen molar-refractivity contribution in [3.63, 3.8) is 0 Å². The summed E-state index contributed by atoms with van der Waals surface area (Å²) >= 11 is 0. The highest BCUT2D eigenvalue weighted by atomic mass is 19.1. The molecule has 1 aliphatic rings. The largest absolute Gasteiger partial charge is 0.353 e. The Balaban J connectivity index is 1.56. The molecule has 0 aliphatic carbocycles. The number of piperazine rings is 1. The van der Waals surface area contributed by atoms with Crippen molar-refractivity contribution in [1.82, 2.24) is 19.9 Å². The zero-order valence-electron chi connectivity index (χ0n) is 15.3. The number of benzene rings is 1. The summed E-state index contributed by atoms with van der Waals surface area (Å²) in [5.41, 5.74) is 2.80. The third-order valence-corrected chi connectivity index (χ3v) is 4.81. The number of carbonyl (C=O) groups excluding carboxylic acids is 1. The Morgan fingerprint density at radius 3 is 2.52 bits per heavy atom. The summed E-state index contributed by atoms with van der Waals surface area (Å²) in [6, 6.07) is 8.05. The van der Waals surface area contributed by atoms with E-state index in [2.05, 4.69) is 19.9 Å². The van der Waals surface area contributed by atoms with E-state index in [1.165, 1.54) is 12.1 Å². The van der Waals surface area contributed by atoms with Crippen molar-refractivity contribution >= 4 is 22.6 Å². The molecule has 1 fully saturated rings. The lowest BCUT2D eigenvalue weighted by Gasteiger charge is -2.35. The Bertz CT molecular complexity index is 1010. The molecule has 0 N–H and O–H groups in total. The van der Waals surface area contributed by atoms with E-state index in [0.29, 0.717) is 42.6 Å². The number of aromatic nitrogens is 3. The minimum absolute atomic E-state index is 0.0883. The Morgan fingerprint density at radius 1 is 1.00 bits per heavy atom. The van der Waals surface area contributed by atoms with Gasteiger partial charge in [-0.15, -0.1) is 0 Å². The van der Waals surface area contributed by atoms with Gasteiger partial charge < -0.3 is 9.80 Å². The van der Waals surface area contributed by atoms with Crippen LogP contribution in [0.4, 0.5) is 10.2 Å². The molecule has 3 aromatic rings. The van der Waals surface area contributed by atoms with Crippen LogP contribution < -0.4 is 4.90 Å². The molecule has 0 atom stereocenters. The number of hydrogen-bond donors (Lipinski definition) is 0. The molecule has 138 valence electrons. The SMILES string of the molecule is Cc1cc(N2CCN(C(=O)c3cc(C)nc4ccc(F)cc34)CC2)ncn1. The Morgan fingerprint density at radius 2 is 1.78 bits per heavy atom. The zero-order chi connectivity index (χ0) is 19.0. The first kappa shape index (κ1) is 17.3. The maximum atomic E-state index is 13.7. The molecule has 0 unspecified atom stereocenters. The molecule has 3 heterocycles. The third-order valence-electron chi connectivity index (χ3n) is 4.81. The molecule has 4 rings (SSSR count). The number of hydrogen-bond acceptors (Lipinski definition) is 5. The fraction of sp³-hybridized carbons (Fsp3) is 0.300. The Labute approximate surface area is 156 Å². The van der Waals surface area contributed by atoms with E-state index in [-0.39, 0.29) is 11.7 Å². The van der Waals surface area contributed by atoms with Crippen molar-refractivity contribution < 1.29 is 9.18 Å². The number of aryl methyl sites for hydroxylation is 2. The van der Waals surface area contributed by atoms with Gasteiger partial charge in [0.05, 0.1) is 11.1 Å². The lowest BCUT2D eigenvalue weighted by Crippen LogP contribution is -2.49. The van der Waals surface area contributed by atoms with Gasteiger partial charge in [-0.05, 0) is 38.1 Å². The summed E-state index contributed by atoms with van der Waals surface area (Å²) in [6.45, 7) is 6.33. The van der Waals surface area contributed by atoms with Gasteiger partial charge in [0.2, 0.25) is 0 Å². The normalized spacial score (nSPS) is 14.6. The number of nitrogens with zero attached hydrogens (tertiary/aromatic N) is 5. The molecular formula is C20H20FN5O. The smallest absolute Gasteiger partial charge is 0.254 e. The second kappa shape index (κ2) is 6.90. The first-order valence-electron chi connectivity index (χ1n) is 8.91. The minimum Gasteiger partial charge on any atom is -0.353 e. The molecule has 0 bridgehead atoms. The molecule has 7 heteroatoms. The van der Waals surface area contributed by atoms with E-state index in [1.54, 1.807) is 18.5 Å². The van der Waals surface area contributed by atoms with Gasteiger partial charge in [-0.25, -0.2) is 14.4 Å². The lowest BCUT2D eigenvalue weighted by molar-refractivity contribution is 0.0748. The number of anilines is 1. The highest BCUT2D eigenvalue weighted by Gasteiger charge is 2.24. The van der Waals surface area contributed by atoms with E-state index in [9.17, 15) is 9.18 Å². The van der Waals surface area contributed by atoms with Gasteiger partial charge >= 0.3 is 0 Å². The van der Waals surface area contributed by atoms with Crippen molar-refractivity contribution in [1.29, 1.82) is 0 Å². The first-order valence-corrected chi connectivity index (χ1v) is 8.91. The predicted octanol–water partition coefficient (Wildman–Crippen LogP) is 2.74. The molecular weight excluding hydrogens is 345 g/mol. The van der Waals surface area contributed by atoms with Crippen LogP contribution in [0.1, 0.15) is 21.7 Å². The highest BCUT2D eigenvalue weighted by molar-refractivity contribution is 6.06. The number of carbonyl (C=O) groups is 1. The molecule has 0 radical (unpaired) electrons. The number of pyridine rings is 1. The second-order valence-corrected chi connectivity index (χ2v) is 6.77. The summed E-state index contributed by atoms with van der Waals surface area (Å²) in [7, 11) is 0. The first-order chi connectivity index (χ1) is 13.0. The van der Waals surface area contributed by atoms with Crippen LogP contribution in [0.3, 0.4) is 0 Å². The van der Waals surface area contributed by atoms with Crippen molar-refractivity contribution in [2.45, 2.75) is 13.8 Å². The Hall–Kier alpha value is -3.09. The van der Waals surface area contributed by atoms with E-state index < -0.39 is 0 Å². The number of fused-ring (bicyclic) bond motifs is 1. The van der Waals surface area contributed by atoms with Crippen LogP contribution in [-0.2, 0) is 0 Å². The Kier molecular flexibility index (Phi) is 4.43. The van der Waals surface area contributed by atoms with Crippen molar-refractivity contribution in [3.05, 3.63) is 59.4 Å². The lowest BCUT2D eigenvalue weighted by atomic mass is 10.1. The molecule has 1 amide bonds. The fourth-order valence-corrected chi connectivity index (χ4v) is 3.43. The van der Waals surface area contributed by atoms with E-state index >= 15 is 0 Å². The average Bonchev–Trinajstić information content (AvgIpc) is 2.67. The zero-order valence-corrected chi connectivity index (χ0v) is 15.3. The molecule has 0 saturated carbocycles. The van der Waals surface area contributed by atoms with E-state index in [0.717, 1.165) is 17.2 Å². The fourth-order valence-electron chi connectivity index (χ4n) is 3.43. The van der Waals surface area contributed by atoms with E-state index in [4.69, 9.17) is 0 Å².